The van der Waals surface area contributed by atoms with E-state index in [9.17, 15) is 59.7 Å². The molecule has 50 heavy (non-hydrogen) atoms. The second-order valence-electron chi connectivity index (χ2n) is 9.62. The fraction of sp³-hybridized carbons (Fsp3) is 0.0645. The molecule has 0 atom stereocenters. The molecule has 0 aromatic heterocycles. The van der Waals surface area contributed by atoms with Crippen LogP contribution in [0, 0.1) is 103 Å². The highest BCUT2D eigenvalue weighted by molar-refractivity contribution is 6.12. The third kappa shape index (κ3) is 5.63. The van der Waals surface area contributed by atoms with Gasteiger partial charge in [-0.1, -0.05) is 0 Å². The predicted molar refractivity (Wildman–Crippen MR) is 136 cm³/mol. The Bertz CT molecular complexity index is 2170. The smallest absolute Gasteiger partial charge is 0.203 e. The maximum absolute atomic E-state index is 15.1. The third-order valence-corrected chi connectivity index (χ3v) is 6.90. The number of halogens is 14. The van der Waals surface area contributed by atoms with Crippen LogP contribution in [-0.2, 0) is 12.4 Å². The number of hydrogen-bond acceptors (Lipinski definition) is 5. The van der Waals surface area contributed by atoms with E-state index in [1.165, 1.54) is 0 Å². The SMILES string of the molecule is N#CC(=C1C(=C(/C#N)c2c(F)c(F)c(C#N)c(F)c2F)/C1=C(/C#N)c1c(F)c(F)c(C#N)c(F)c1F)c1cc(C(F)(F)F)cc(C(F)(F)F)c1. The molecule has 0 saturated heterocycles. The van der Waals surface area contributed by atoms with Crippen LogP contribution in [0.4, 0.5) is 61.5 Å². The van der Waals surface area contributed by atoms with E-state index in [4.69, 9.17) is 10.5 Å². The fourth-order valence-corrected chi connectivity index (χ4v) is 4.67. The fourth-order valence-electron chi connectivity index (χ4n) is 4.67. The van der Waals surface area contributed by atoms with Crippen LogP contribution in [0.1, 0.15) is 38.9 Å². The summed E-state index contributed by atoms with van der Waals surface area (Å²) in [4.78, 5) is 0. The van der Waals surface area contributed by atoms with Crippen LogP contribution < -0.4 is 0 Å². The second-order valence-corrected chi connectivity index (χ2v) is 9.62. The average molecular weight is 711 g/mol. The van der Waals surface area contributed by atoms with E-state index in [0.717, 1.165) is 30.3 Å². The maximum atomic E-state index is 15.1. The number of nitrogens with zero attached hydrogens (tertiary/aromatic N) is 5. The lowest BCUT2D eigenvalue weighted by atomic mass is 9.97. The molecule has 0 N–H and O–H groups in total. The Morgan fingerprint density at radius 1 is 0.420 bits per heavy atom. The molecule has 250 valence electrons. The van der Waals surface area contributed by atoms with Crippen molar-refractivity contribution in [2.75, 3.05) is 0 Å². The first kappa shape index (κ1) is 36.2. The van der Waals surface area contributed by atoms with E-state index in [-0.39, 0.29) is 12.1 Å². The first-order chi connectivity index (χ1) is 23.2. The number of allylic oxidation sites excluding steroid dienone is 6. The van der Waals surface area contributed by atoms with Crippen molar-refractivity contribution in [3.63, 3.8) is 0 Å². The van der Waals surface area contributed by atoms with Gasteiger partial charge in [-0.2, -0.15) is 52.7 Å². The Kier molecular flexibility index (Phi) is 8.99. The molecule has 0 amide bonds. The molecule has 5 nitrogen and oxygen atoms in total. The lowest BCUT2D eigenvalue weighted by molar-refractivity contribution is -0.143. The van der Waals surface area contributed by atoms with Crippen molar-refractivity contribution in [3.8, 4) is 30.3 Å². The van der Waals surface area contributed by atoms with Crippen molar-refractivity contribution in [2.24, 2.45) is 0 Å². The minimum absolute atomic E-state index is 0.100. The molecule has 1 fully saturated rings. The summed E-state index contributed by atoms with van der Waals surface area (Å²) in [6, 6.07) is 3.96. The number of hydrogen-bond donors (Lipinski definition) is 0. The van der Waals surface area contributed by atoms with Crippen LogP contribution in [0.3, 0.4) is 0 Å². The topological polar surface area (TPSA) is 119 Å². The molecule has 0 aliphatic heterocycles. The van der Waals surface area contributed by atoms with Gasteiger partial charge in [-0.15, -0.1) is 0 Å². The van der Waals surface area contributed by atoms with Crippen molar-refractivity contribution in [3.05, 3.63) is 120 Å². The van der Waals surface area contributed by atoms with Crippen molar-refractivity contribution >= 4 is 16.7 Å². The lowest BCUT2D eigenvalue weighted by Crippen LogP contribution is -2.11. The van der Waals surface area contributed by atoms with E-state index in [1.807, 2.05) is 0 Å². The molecular weight excluding hydrogens is 708 g/mol. The minimum Gasteiger partial charge on any atom is -0.203 e. The molecule has 19 heteroatoms. The van der Waals surface area contributed by atoms with E-state index in [0.29, 0.717) is 0 Å². The highest BCUT2D eigenvalue weighted by Gasteiger charge is 2.46. The monoisotopic (exact) mass is 711 g/mol. The Balaban J connectivity index is 2.34. The summed E-state index contributed by atoms with van der Waals surface area (Å²) in [5, 5.41) is 47.3. The molecular formula is C31H3F14N5. The lowest BCUT2D eigenvalue weighted by Gasteiger charge is -2.13. The first-order valence-electron chi connectivity index (χ1n) is 12.5. The Morgan fingerprint density at radius 3 is 0.940 bits per heavy atom. The molecule has 4 rings (SSSR count). The van der Waals surface area contributed by atoms with E-state index in [2.05, 4.69) is 0 Å². The molecule has 0 unspecified atom stereocenters. The largest absolute Gasteiger partial charge is 0.416 e. The molecule has 3 aromatic carbocycles. The van der Waals surface area contributed by atoms with Crippen LogP contribution in [0.5, 0.6) is 0 Å². The molecule has 0 heterocycles. The van der Waals surface area contributed by atoms with Gasteiger partial charge in [0.05, 0.1) is 39.0 Å². The zero-order valence-electron chi connectivity index (χ0n) is 23.3. The van der Waals surface area contributed by atoms with Gasteiger partial charge in [0.25, 0.3) is 0 Å². The van der Waals surface area contributed by atoms with Crippen molar-refractivity contribution in [2.45, 2.75) is 12.4 Å². The second kappa shape index (κ2) is 12.4. The van der Waals surface area contributed by atoms with Gasteiger partial charge in [0.2, 0.25) is 0 Å². The molecule has 0 spiro atoms. The molecule has 0 radical (unpaired) electrons. The normalized spacial score (nSPS) is 15.6. The number of benzene rings is 3. The van der Waals surface area contributed by atoms with Gasteiger partial charge in [0.1, 0.15) is 41.5 Å². The summed E-state index contributed by atoms with van der Waals surface area (Å²) in [7, 11) is 0. The molecule has 0 bridgehead atoms. The van der Waals surface area contributed by atoms with Crippen molar-refractivity contribution in [1.29, 1.82) is 26.3 Å². The van der Waals surface area contributed by atoms with Crippen LogP contribution in [-0.4, -0.2) is 0 Å². The molecule has 1 saturated carbocycles. The highest BCUT2D eigenvalue weighted by Crippen LogP contribution is 2.57. The first-order valence-corrected chi connectivity index (χ1v) is 12.5. The van der Waals surface area contributed by atoms with E-state index in [1.54, 1.807) is 0 Å². The van der Waals surface area contributed by atoms with Gasteiger partial charge in [0.15, 0.2) is 46.5 Å². The van der Waals surface area contributed by atoms with E-state index < -0.39 is 137 Å². The summed E-state index contributed by atoms with van der Waals surface area (Å²) in [5.41, 5.74) is -22.4. The van der Waals surface area contributed by atoms with Gasteiger partial charge >= 0.3 is 12.4 Å². The number of alkyl halides is 6. The number of rotatable bonds is 3. The Morgan fingerprint density at radius 2 is 0.700 bits per heavy atom. The van der Waals surface area contributed by atoms with Crippen molar-refractivity contribution < 1.29 is 61.5 Å². The minimum atomic E-state index is -5.56. The standard InChI is InChI=1S/C31H3F14N5/c32-22-15(7-49)23(33)27(37)20(26(22)36)13(5-47)18-17(12(4-46)9-1-10(30(40,41)42)3-11(2-9)31(43,44)45)19(18)14(6-48)21-28(38)24(34)16(8-50)25(35)29(21)39/h1-3H/b17-12?,18-13-,19-14+. The van der Waals surface area contributed by atoms with Gasteiger partial charge in [-0.05, 0) is 23.8 Å². The van der Waals surface area contributed by atoms with Crippen LogP contribution in [0.2, 0.25) is 0 Å². The number of nitriles is 5. The Hall–Kier alpha value is -6.65. The predicted octanol–water partition coefficient (Wildman–Crippen LogP) is 8.83. The average Bonchev–Trinajstić information content (AvgIpc) is 3.76. The van der Waals surface area contributed by atoms with Gasteiger partial charge in [-0.3, -0.25) is 0 Å². The Labute approximate surface area is 267 Å². The van der Waals surface area contributed by atoms with E-state index >= 15 is 17.6 Å². The third-order valence-electron chi connectivity index (χ3n) is 6.90. The van der Waals surface area contributed by atoms with Crippen LogP contribution >= 0.6 is 0 Å². The van der Waals surface area contributed by atoms with Gasteiger partial charge in [0, 0.05) is 16.7 Å². The summed E-state index contributed by atoms with van der Waals surface area (Å²) in [6.45, 7) is 0. The summed E-state index contributed by atoms with van der Waals surface area (Å²) >= 11 is 0. The van der Waals surface area contributed by atoms with Gasteiger partial charge in [-0.25, -0.2) is 35.1 Å². The summed E-state index contributed by atoms with van der Waals surface area (Å²) in [5.74, 6) is -19.9. The molecule has 3 aromatic rings. The highest BCUT2D eigenvalue weighted by atomic mass is 19.4. The molecule has 1 aliphatic rings. The zero-order chi connectivity index (χ0) is 37.8. The quantitative estimate of drug-likeness (QED) is 0.153. The van der Waals surface area contributed by atoms with Gasteiger partial charge < -0.3 is 0 Å². The summed E-state index contributed by atoms with van der Waals surface area (Å²) in [6.07, 6.45) is -11.1. The van der Waals surface area contributed by atoms with Crippen LogP contribution in [0.15, 0.2) is 34.9 Å². The van der Waals surface area contributed by atoms with Crippen LogP contribution in [0.25, 0.3) is 16.7 Å². The maximum Gasteiger partial charge on any atom is 0.416 e. The zero-order valence-corrected chi connectivity index (χ0v) is 23.3. The molecule has 1 aliphatic carbocycles. The summed E-state index contributed by atoms with van der Waals surface area (Å²) < 4.78 is 200. The van der Waals surface area contributed by atoms with Crippen molar-refractivity contribution in [1.82, 2.24) is 0 Å².